The van der Waals surface area contributed by atoms with Crippen molar-refractivity contribution in [1.29, 1.82) is 0 Å². The monoisotopic (exact) mass is 276 g/mol. The second-order valence-electron chi connectivity index (χ2n) is 4.81. The molecule has 4 heteroatoms. The maximum absolute atomic E-state index is 12.2. The van der Waals surface area contributed by atoms with Crippen LogP contribution in [0.1, 0.15) is 44.6 Å². The van der Waals surface area contributed by atoms with Crippen LogP contribution in [-0.4, -0.2) is 24.9 Å². The van der Waals surface area contributed by atoms with E-state index in [1.54, 1.807) is 0 Å². The van der Waals surface area contributed by atoms with E-state index in [9.17, 15) is 9.59 Å². The van der Waals surface area contributed by atoms with E-state index in [2.05, 4.69) is 10.6 Å². The molecular weight excluding hydrogens is 252 g/mol. The average molecular weight is 276 g/mol. The van der Waals surface area contributed by atoms with Crippen LogP contribution in [0.4, 0.5) is 0 Å². The quantitative estimate of drug-likeness (QED) is 0.765. The van der Waals surface area contributed by atoms with Gasteiger partial charge in [0.2, 0.25) is 11.8 Å². The third-order valence-corrected chi connectivity index (χ3v) is 3.05. The summed E-state index contributed by atoms with van der Waals surface area (Å²) in [5, 5.41) is 5.74. The SMILES string of the molecule is CCCNC(=O)C(CNC(=O)CCC)c1ccccc1. The lowest BCUT2D eigenvalue weighted by molar-refractivity contribution is -0.123. The number of carbonyl (C=O) groups excluding carboxylic acids is 2. The van der Waals surface area contributed by atoms with Crippen molar-refractivity contribution in [2.75, 3.05) is 13.1 Å². The number of carbonyl (C=O) groups is 2. The zero-order valence-corrected chi connectivity index (χ0v) is 12.3. The molecule has 1 atom stereocenters. The van der Waals surface area contributed by atoms with Crippen LogP contribution in [0.15, 0.2) is 30.3 Å². The van der Waals surface area contributed by atoms with Gasteiger partial charge in [0.05, 0.1) is 5.92 Å². The first kappa shape index (κ1) is 16.2. The molecule has 0 aliphatic rings. The van der Waals surface area contributed by atoms with Crippen LogP contribution < -0.4 is 10.6 Å². The van der Waals surface area contributed by atoms with Crippen LogP contribution in [0.2, 0.25) is 0 Å². The topological polar surface area (TPSA) is 58.2 Å². The van der Waals surface area contributed by atoms with Gasteiger partial charge in [-0.25, -0.2) is 0 Å². The van der Waals surface area contributed by atoms with Gasteiger partial charge in [-0.1, -0.05) is 44.2 Å². The van der Waals surface area contributed by atoms with Gasteiger partial charge in [0.15, 0.2) is 0 Å². The molecule has 0 fully saturated rings. The third-order valence-electron chi connectivity index (χ3n) is 3.05. The Morgan fingerprint density at radius 3 is 2.35 bits per heavy atom. The highest BCUT2D eigenvalue weighted by atomic mass is 16.2. The van der Waals surface area contributed by atoms with E-state index in [4.69, 9.17) is 0 Å². The molecule has 1 aromatic rings. The van der Waals surface area contributed by atoms with Crippen LogP contribution in [0.3, 0.4) is 0 Å². The Morgan fingerprint density at radius 1 is 1.05 bits per heavy atom. The second kappa shape index (κ2) is 9.13. The zero-order chi connectivity index (χ0) is 14.8. The molecular formula is C16H24N2O2. The largest absolute Gasteiger partial charge is 0.356 e. The van der Waals surface area contributed by atoms with E-state index in [1.807, 2.05) is 44.2 Å². The van der Waals surface area contributed by atoms with Crippen LogP contribution in [0.25, 0.3) is 0 Å². The Labute approximate surface area is 121 Å². The first-order valence-electron chi connectivity index (χ1n) is 7.28. The van der Waals surface area contributed by atoms with Crippen LogP contribution >= 0.6 is 0 Å². The molecule has 110 valence electrons. The fourth-order valence-electron chi connectivity index (χ4n) is 1.95. The van der Waals surface area contributed by atoms with Crippen LogP contribution in [0, 0.1) is 0 Å². The number of nitrogens with one attached hydrogen (secondary N) is 2. The van der Waals surface area contributed by atoms with Gasteiger partial charge in [-0.05, 0) is 18.4 Å². The maximum atomic E-state index is 12.2. The van der Waals surface area contributed by atoms with Crippen molar-refractivity contribution >= 4 is 11.8 Å². The van der Waals surface area contributed by atoms with Gasteiger partial charge in [-0.2, -0.15) is 0 Å². The summed E-state index contributed by atoms with van der Waals surface area (Å²) < 4.78 is 0. The smallest absolute Gasteiger partial charge is 0.229 e. The fraction of sp³-hybridized carbons (Fsp3) is 0.500. The number of hydrogen-bond acceptors (Lipinski definition) is 2. The Kier molecular flexibility index (Phi) is 7.40. The van der Waals surface area contributed by atoms with Gasteiger partial charge < -0.3 is 10.6 Å². The Bertz CT molecular complexity index is 418. The molecule has 20 heavy (non-hydrogen) atoms. The predicted octanol–water partition coefficient (Wildman–Crippen LogP) is 2.21. The first-order chi connectivity index (χ1) is 9.69. The van der Waals surface area contributed by atoms with Gasteiger partial charge in [0.1, 0.15) is 0 Å². The molecule has 0 aromatic heterocycles. The van der Waals surface area contributed by atoms with Gasteiger partial charge in [-0.15, -0.1) is 0 Å². The summed E-state index contributed by atoms with van der Waals surface area (Å²) in [6.07, 6.45) is 2.21. The summed E-state index contributed by atoms with van der Waals surface area (Å²) in [5.74, 6) is -0.366. The van der Waals surface area contributed by atoms with Crippen LogP contribution in [0.5, 0.6) is 0 Å². The minimum atomic E-state index is -0.330. The van der Waals surface area contributed by atoms with E-state index >= 15 is 0 Å². The van der Waals surface area contributed by atoms with Gasteiger partial charge in [0.25, 0.3) is 0 Å². The van der Waals surface area contributed by atoms with E-state index in [-0.39, 0.29) is 17.7 Å². The van der Waals surface area contributed by atoms with Crippen molar-refractivity contribution in [3.63, 3.8) is 0 Å². The van der Waals surface area contributed by atoms with E-state index in [1.165, 1.54) is 0 Å². The molecule has 4 nitrogen and oxygen atoms in total. The molecule has 0 aliphatic heterocycles. The van der Waals surface area contributed by atoms with Crippen molar-refractivity contribution in [2.24, 2.45) is 0 Å². The lowest BCUT2D eigenvalue weighted by Gasteiger charge is -2.17. The average Bonchev–Trinajstić information content (AvgIpc) is 2.46. The highest BCUT2D eigenvalue weighted by Crippen LogP contribution is 2.15. The summed E-state index contributed by atoms with van der Waals surface area (Å²) >= 11 is 0. The second-order valence-corrected chi connectivity index (χ2v) is 4.81. The summed E-state index contributed by atoms with van der Waals surface area (Å²) in [6, 6.07) is 9.57. The standard InChI is InChI=1S/C16H24N2O2/c1-3-8-15(19)18-12-14(16(20)17-11-4-2)13-9-6-5-7-10-13/h5-7,9-10,14H,3-4,8,11-12H2,1-2H3,(H,17,20)(H,18,19). The molecule has 2 amide bonds. The Balaban J connectivity index is 2.69. The Hall–Kier alpha value is -1.84. The molecule has 1 unspecified atom stereocenters. The number of amides is 2. The molecule has 2 N–H and O–H groups in total. The minimum absolute atomic E-state index is 0.00303. The summed E-state index contributed by atoms with van der Waals surface area (Å²) in [7, 11) is 0. The van der Waals surface area contributed by atoms with Crippen molar-refractivity contribution in [3.05, 3.63) is 35.9 Å². The molecule has 0 saturated carbocycles. The highest BCUT2D eigenvalue weighted by molar-refractivity contribution is 5.85. The van der Waals surface area contributed by atoms with Gasteiger partial charge in [0, 0.05) is 19.5 Å². The molecule has 1 rings (SSSR count). The fourth-order valence-corrected chi connectivity index (χ4v) is 1.95. The molecule has 0 bridgehead atoms. The van der Waals surface area contributed by atoms with Crippen LogP contribution in [-0.2, 0) is 9.59 Å². The normalized spacial score (nSPS) is 11.7. The zero-order valence-electron chi connectivity index (χ0n) is 12.3. The third kappa shape index (κ3) is 5.43. The van der Waals surface area contributed by atoms with E-state index in [0.29, 0.717) is 19.5 Å². The van der Waals surface area contributed by atoms with Crippen molar-refractivity contribution in [3.8, 4) is 0 Å². The molecule has 0 heterocycles. The van der Waals surface area contributed by atoms with Crippen molar-refractivity contribution in [1.82, 2.24) is 10.6 Å². The van der Waals surface area contributed by atoms with Gasteiger partial charge in [-0.3, -0.25) is 9.59 Å². The molecule has 1 aromatic carbocycles. The molecule has 0 aliphatic carbocycles. The molecule has 0 spiro atoms. The lowest BCUT2D eigenvalue weighted by atomic mass is 9.98. The molecule has 0 saturated heterocycles. The first-order valence-corrected chi connectivity index (χ1v) is 7.28. The number of hydrogen-bond donors (Lipinski definition) is 2. The summed E-state index contributed by atoms with van der Waals surface area (Å²) in [5.41, 5.74) is 0.929. The minimum Gasteiger partial charge on any atom is -0.356 e. The Morgan fingerprint density at radius 2 is 1.75 bits per heavy atom. The van der Waals surface area contributed by atoms with E-state index < -0.39 is 0 Å². The maximum Gasteiger partial charge on any atom is 0.229 e. The number of benzene rings is 1. The predicted molar refractivity (Wildman–Crippen MR) is 80.4 cm³/mol. The van der Waals surface area contributed by atoms with E-state index in [0.717, 1.165) is 18.4 Å². The highest BCUT2D eigenvalue weighted by Gasteiger charge is 2.20. The van der Waals surface area contributed by atoms with Gasteiger partial charge >= 0.3 is 0 Å². The summed E-state index contributed by atoms with van der Waals surface area (Å²) in [6.45, 7) is 4.98. The van der Waals surface area contributed by atoms with Crippen molar-refractivity contribution in [2.45, 2.75) is 39.0 Å². The number of rotatable bonds is 8. The van der Waals surface area contributed by atoms with Crippen molar-refractivity contribution < 1.29 is 9.59 Å². The molecule has 0 radical (unpaired) electrons. The summed E-state index contributed by atoms with van der Waals surface area (Å²) in [4.78, 5) is 23.8. The lowest BCUT2D eigenvalue weighted by Crippen LogP contribution is -2.37.